The quantitative estimate of drug-likeness (QED) is 0.198. The Balaban J connectivity index is 1.38. The van der Waals surface area contributed by atoms with E-state index in [2.05, 4.69) is 164 Å². The van der Waals surface area contributed by atoms with Crippen LogP contribution in [0.25, 0.3) is 67.1 Å². The summed E-state index contributed by atoms with van der Waals surface area (Å²) in [7, 11) is 0. The zero-order valence-corrected chi connectivity index (χ0v) is 28.2. The van der Waals surface area contributed by atoms with E-state index < -0.39 is 0 Å². The van der Waals surface area contributed by atoms with Crippen molar-refractivity contribution < 1.29 is 0 Å². The van der Waals surface area contributed by atoms with E-state index >= 15 is 0 Å². The second-order valence-corrected chi connectivity index (χ2v) is 13.9. The Kier molecular flexibility index (Phi) is 6.67. The first-order valence-corrected chi connectivity index (χ1v) is 17.2. The van der Waals surface area contributed by atoms with Crippen molar-refractivity contribution in [1.82, 2.24) is 15.2 Å². The van der Waals surface area contributed by atoms with Crippen molar-refractivity contribution in [2.24, 2.45) is 0 Å². The maximum atomic E-state index is 4.17. The number of nitrogens with zero attached hydrogens (tertiary/aromatic N) is 1. The Morgan fingerprint density at radius 1 is 0.837 bits per heavy atom. The average Bonchev–Trinajstić information content (AvgIpc) is 3.58. The van der Waals surface area contributed by atoms with Crippen molar-refractivity contribution in [3.63, 3.8) is 0 Å². The summed E-state index contributed by atoms with van der Waals surface area (Å²) in [5, 5.41) is 12.1. The third kappa shape index (κ3) is 4.49. The van der Waals surface area contributed by atoms with Crippen LogP contribution in [0.5, 0.6) is 0 Å². The molecule has 3 heterocycles. The van der Waals surface area contributed by atoms with Gasteiger partial charge in [-0.05, 0) is 141 Å². The number of hydrogen-bond donors (Lipinski definition) is 2. The lowest BCUT2D eigenvalue weighted by molar-refractivity contribution is 0.666. The number of rotatable bonds is 5. The summed E-state index contributed by atoms with van der Waals surface area (Å²) < 4.78 is 2.51. The van der Waals surface area contributed by atoms with Crippen LogP contribution < -0.4 is 10.6 Å². The van der Waals surface area contributed by atoms with E-state index in [4.69, 9.17) is 0 Å². The summed E-state index contributed by atoms with van der Waals surface area (Å²) >= 11 is 0. The third-order valence-electron chi connectivity index (χ3n) is 10.7. The predicted octanol–water partition coefficient (Wildman–Crippen LogP) is 11.1. The largest absolute Gasteiger partial charge is 0.387 e. The second kappa shape index (κ2) is 11.1. The van der Waals surface area contributed by atoms with Gasteiger partial charge in [0.1, 0.15) is 0 Å². The van der Waals surface area contributed by atoms with Crippen LogP contribution in [0.3, 0.4) is 0 Å². The lowest BCUT2D eigenvalue weighted by Crippen LogP contribution is -2.17. The Bertz CT molecular complexity index is 2530. The van der Waals surface area contributed by atoms with Crippen LogP contribution in [0, 0.1) is 0 Å². The zero-order chi connectivity index (χ0) is 33.3. The number of nitrogens with one attached hydrogen (secondary N) is 2. The molecule has 0 saturated heterocycles. The lowest BCUT2D eigenvalue weighted by atomic mass is 9.79. The van der Waals surface area contributed by atoms with Gasteiger partial charge in [0.05, 0.1) is 17.1 Å². The lowest BCUT2D eigenvalue weighted by Gasteiger charge is -2.23. The fraction of sp³-hybridized carbons (Fsp3) is 0.130. The molecule has 3 aliphatic rings. The van der Waals surface area contributed by atoms with Crippen LogP contribution in [0.2, 0.25) is 0 Å². The molecular formula is C46H39N3. The summed E-state index contributed by atoms with van der Waals surface area (Å²) in [5.41, 5.74) is 14.9. The summed E-state index contributed by atoms with van der Waals surface area (Å²) in [5.74, 6) is 0. The Morgan fingerprint density at radius 3 is 2.45 bits per heavy atom. The van der Waals surface area contributed by atoms with Gasteiger partial charge < -0.3 is 15.2 Å². The molecule has 3 heteroatoms. The minimum absolute atomic E-state index is 0.0911. The van der Waals surface area contributed by atoms with Gasteiger partial charge in [0, 0.05) is 28.4 Å². The Labute approximate surface area is 288 Å². The van der Waals surface area contributed by atoms with Crippen molar-refractivity contribution >= 4 is 50.3 Å². The molecule has 5 aromatic carbocycles. The minimum Gasteiger partial charge on any atom is -0.387 e. The summed E-state index contributed by atoms with van der Waals surface area (Å²) in [6.45, 7) is 11.9. The van der Waals surface area contributed by atoms with E-state index in [1.54, 1.807) is 0 Å². The van der Waals surface area contributed by atoms with Crippen LogP contribution >= 0.6 is 0 Å². The first kappa shape index (κ1) is 29.3. The number of dihydropyridines is 2. The fourth-order valence-electron chi connectivity index (χ4n) is 8.39. The van der Waals surface area contributed by atoms with Gasteiger partial charge in [-0.3, -0.25) is 0 Å². The van der Waals surface area contributed by atoms with Crippen molar-refractivity contribution in [3.8, 4) is 16.8 Å². The van der Waals surface area contributed by atoms with Gasteiger partial charge in [0.2, 0.25) is 0 Å². The van der Waals surface area contributed by atoms with E-state index in [9.17, 15) is 0 Å². The molecule has 2 N–H and O–H groups in total. The summed E-state index contributed by atoms with van der Waals surface area (Å²) in [6.07, 6.45) is 21.1. The predicted molar refractivity (Wildman–Crippen MR) is 210 cm³/mol. The molecule has 1 aliphatic carbocycles. The maximum absolute atomic E-state index is 4.17. The highest BCUT2D eigenvalue weighted by Gasteiger charge is 2.39. The van der Waals surface area contributed by atoms with Crippen LogP contribution in [0.15, 0.2) is 134 Å². The van der Waals surface area contributed by atoms with Gasteiger partial charge in [0.15, 0.2) is 0 Å². The molecule has 0 saturated carbocycles. The monoisotopic (exact) mass is 633 g/mol. The van der Waals surface area contributed by atoms with Crippen LogP contribution in [0.4, 0.5) is 0 Å². The second-order valence-electron chi connectivity index (χ2n) is 13.9. The smallest absolute Gasteiger partial charge is 0.0696 e. The van der Waals surface area contributed by atoms with Gasteiger partial charge in [-0.1, -0.05) is 87.2 Å². The van der Waals surface area contributed by atoms with Gasteiger partial charge in [-0.25, -0.2) is 0 Å². The first-order chi connectivity index (χ1) is 24.0. The number of fused-ring (bicyclic) bond motifs is 8. The number of hydrogen-bond acceptors (Lipinski definition) is 2. The number of benzene rings is 5. The normalized spacial score (nSPS) is 17.4. The highest BCUT2D eigenvalue weighted by molar-refractivity contribution is 6.17. The van der Waals surface area contributed by atoms with E-state index in [1.165, 1.54) is 88.3 Å². The fourth-order valence-corrected chi connectivity index (χ4v) is 8.39. The molecule has 0 fully saturated rings. The molecule has 2 aliphatic heterocycles. The standard InChI is InChI=1S/C46H39N3/c1-5-12-30-26-40-38(24-29(30)6-2)37-17-18-42-44(45(37)46(40,3)4)39-25-31-13-7-8-14-32(31)27-43(39)49(42)36-22-34(33-15-11-19-47-28-33)21-35(23-36)41-16-9-10-20-48-41/h5-27,41,47-48H,2,28H2,1,3-4H3/b12-5-. The molecule has 238 valence electrons. The van der Waals surface area contributed by atoms with Gasteiger partial charge in [-0.15, -0.1) is 0 Å². The third-order valence-corrected chi connectivity index (χ3v) is 10.7. The van der Waals surface area contributed by atoms with Crippen LogP contribution in [-0.2, 0) is 5.41 Å². The molecule has 1 aromatic heterocycles. The van der Waals surface area contributed by atoms with E-state index in [0.29, 0.717) is 0 Å². The minimum atomic E-state index is -0.202. The van der Waals surface area contributed by atoms with E-state index in [-0.39, 0.29) is 11.5 Å². The average molecular weight is 634 g/mol. The SMILES string of the molecule is C=Cc1cc2c(cc1/C=C\C)C(C)(C)c1c-2ccc2c1c1cc3ccccc3cc1n2-c1cc(C2=CC=CNC2)cc(C2C=CC=CN2)c1. The van der Waals surface area contributed by atoms with E-state index in [0.717, 1.165) is 6.54 Å². The van der Waals surface area contributed by atoms with E-state index in [1.807, 2.05) is 18.5 Å². The molecule has 3 nitrogen and oxygen atoms in total. The molecule has 0 radical (unpaired) electrons. The van der Waals surface area contributed by atoms with Crippen LogP contribution in [-0.4, -0.2) is 11.1 Å². The van der Waals surface area contributed by atoms with Crippen molar-refractivity contribution in [2.45, 2.75) is 32.2 Å². The molecular weight excluding hydrogens is 595 g/mol. The molecule has 49 heavy (non-hydrogen) atoms. The number of aromatic nitrogens is 1. The molecule has 9 rings (SSSR count). The topological polar surface area (TPSA) is 29.0 Å². The summed E-state index contributed by atoms with van der Waals surface area (Å²) in [4.78, 5) is 0. The molecule has 0 amide bonds. The maximum Gasteiger partial charge on any atom is 0.0696 e. The van der Waals surface area contributed by atoms with Crippen molar-refractivity contribution in [2.75, 3.05) is 6.54 Å². The molecule has 0 bridgehead atoms. The Morgan fingerprint density at radius 2 is 1.69 bits per heavy atom. The number of allylic oxidation sites excluding steroid dienone is 5. The van der Waals surface area contributed by atoms with Gasteiger partial charge >= 0.3 is 0 Å². The first-order valence-electron chi connectivity index (χ1n) is 17.2. The highest BCUT2D eigenvalue weighted by atomic mass is 15.0. The zero-order valence-electron chi connectivity index (χ0n) is 28.2. The van der Waals surface area contributed by atoms with Gasteiger partial charge in [-0.2, -0.15) is 0 Å². The molecule has 0 spiro atoms. The highest BCUT2D eigenvalue weighted by Crippen LogP contribution is 2.54. The van der Waals surface area contributed by atoms with Crippen LogP contribution in [0.1, 0.15) is 60.2 Å². The summed E-state index contributed by atoms with van der Waals surface area (Å²) in [6, 6.07) is 30.2. The molecule has 6 aromatic rings. The van der Waals surface area contributed by atoms with Crippen molar-refractivity contribution in [1.29, 1.82) is 0 Å². The van der Waals surface area contributed by atoms with Crippen molar-refractivity contribution in [3.05, 3.63) is 168 Å². The molecule has 1 atom stereocenters. The Hall–Kier alpha value is -5.80. The molecule has 1 unspecified atom stereocenters. The van der Waals surface area contributed by atoms with Gasteiger partial charge in [0.25, 0.3) is 0 Å².